The Morgan fingerprint density at radius 3 is 2.56 bits per heavy atom. The van der Waals surface area contributed by atoms with Gasteiger partial charge in [-0.1, -0.05) is 6.92 Å². The molecule has 0 saturated heterocycles. The molecule has 0 fully saturated rings. The predicted molar refractivity (Wildman–Crippen MR) is 62.9 cm³/mol. The monoisotopic (exact) mass is 224 g/mol. The predicted octanol–water partition coefficient (Wildman–Crippen LogP) is 0.563. The van der Waals surface area contributed by atoms with Crippen molar-refractivity contribution < 1.29 is 4.79 Å². The second-order valence-corrected chi connectivity index (χ2v) is 4.00. The summed E-state index contributed by atoms with van der Waals surface area (Å²) in [5, 5.41) is 7.44. The van der Waals surface area contributed by atoms with E-state index in [0.717, 1.165) is 29.9 Å². The Morgan fingerprint density at radius 1 is 1.56 bits per heavy atom. The van der Waals surface area contributed by atoms with E-state index in [9.17, 15) is 4.79 Å². The Kier molecular flexibility index (Phi) is 4.06. The average molecular weight is 224 g/mol. The molecule has 0 bridgehead atoms. The van der Waals surface area contributed by atoms with Crippen molar-refractivity contribution in [3.8, 4) is 0 Å². The van der Waals surface area contributed by atoms with Crippen molar-refractivity contribution in [2.45, 2.75) is 33.2 Å². The number of nitrogens with two attached hydrogens (primary N) is 1. The third-order valence-electron chi connectivity index (χ3n) is 2.74. The number of aryl methyl sites for hydroxylation is 2. The Balaban J connectivity index is 3.05. The van der Waals surface area contributed by atoms with Crippen LogP contribution in [0.1, 0.15) is 36.3 Å². The number of carbonyl (C=O) groups is 1. The zero-order valence-electron chi connectivity index (χ0n) is 10.4. The number of amides is 1. The van der Waals surface area contributed by atoms with Gasteiger partial charge in [-0.3, -0.25) is 9.48 Å². The van der Waals surface area contributed by atoms with Gasteiger partial charge in [0.25, 0.3) is 0 Å². The quantitative estimate of drug-likeness (QED) is 0.767. The van der Waals surface area contributed by atoms with Crippen molar-refractivity contribution >= 4 is 5.91 Å². The van der Waals surface area contributed by atoms with Gasteiger partial charge >= 0.3 is 0 Å². The van der Waals surface area contributed by atoms with Gasteiger partial charge in [-0.2, -0.15) is 5.10 Å². The van der Waals surface area contributed by atoms with Gasteiger partial charge in [0.2, 0.25) is 5.91 Å². The topological polar surface area (TPSA) is 72.9 Å². The summed E-state index contributed by atoms with van der Waals surface area (Å²) < 4.78 is 1.77. The molecule has 5 nitrogen and oxygen atoms in total. The molecule has 0 aliphatic heterocycles. The first-order valence-corrected chi connectivity index (χ1v) is 5.51. The normalized spacial score (nSPS) is 12.8. The van der Waals surface area contributed by atoms with Crippen LogP contribution in [-0.2, 0) is 11.8 Å². The number of rotatable bonds is 5. The van der Waals surface area contributed by atoms with Crippen LogP contribution in [0.3, 0.4) is 0 Å². The zero-order chi connectivity index (χ0) is 12.3. The van der Waals surface area contributed by atoms with E-state index in [1.165, 1.54) is 0 Å². The van der Waals surface area contributed by atoms with Gasteiger partial charge in [0.05, 0.1) is 5.69 Å². The van der Waals surface area contributed by atoms with Crippen molar-refractivity contribution in [3.05, 3.63) is 17.0 Å². The standard InChI is InChI=1S/C11H20N4O/c1-5-6-13-10(11(12)16)9-7(2)14-15(4)8(9)3/h10,13H,5-6H2,1-4H3,(H2,12,16). The number of nitrogens with one attached hydrogen (secondary N) is 1. The number of carbonyl (C=O) groups excluding carboxylic acids is 1. The lowest BCUT2D eigenvalue weighted by Crippen LogP contribution is -2.34. The fourth-order valence-electron chi connectivity index (χ4n) is 1.84. The molecule has 1 unspecified atom stereocenters. The summed E-state index contributed by atoms with van der Waals surface area (Å²) in [7, 11) is 1.86. The molecule has 0 radical (unpaired) electrons. The highest BCUT2D eigenvalue weighted by molar-refractivity contribution is 5.82. The van der Waals surface area contributed by atoms with E-state index < -0.39 is 6.04 Å². The van der Waals surface area contributed by atoms with Crippen LogP contribution in [0.15, 0.2) is 0 Å². The van der Waals surface area contributed by atoms with Crippen LogP contribution in [0, 0.1) is 13.8 Å². The van der Waals surface area contributed by atoms with Gasteiger partial charge in [-0.05, 0) is 26.8 Å². The zero-order valence-corrected chi connectivity index (χ0v) is 10.4. The van der Waals surface area contributed by atoms with E-state index >= 15 is 0 Å². The lowest BCUT2D eigenvalue weighted by atomic mass is 10.0. The van der Waals surface area contributed by atoms with E-state index in [0.29, 0.717) is 0 Å². The summed E-state index contributed by atoms with van der Waals surface area (Å²) in [5.74, 6) is -0.354. The molecule has 0 aromatic carbocycles. The molecule has 1 rings (SSSR count). The minimum atomic E-state index is -0.436. The SMILES string of the molecule is CCCNC(C(N)=O)c1c(C)nn(C)c1C. The summed E-state index contributed by atoms with van der Waals surface area (Å²) >= 11 is 0. The largest absolute Gasteiger partial charge is 0.368 e. The summed E-state index contributed by atoms with van der Waals surface area (Å²) in [5.41, 5.74) is 8.15. The van der Waals surface area contributed by atoms with Gasteiger partial charge in [0.1, 0.15) is 6.04 Å². The smallest absolute Gasteiger partial charge is 0.239 e. The minimum Gasteiger partial charge on any atom is -0.368 e. The molecule has 1 aromatic heterocycles. The van der Waals surface area contributed by atoms with Crippen LogP contribution < -0.4 is 11.1 Å². The number of hydrogen-bond donors (Lipinski definition) is 2. The maximum Gasteiger partial charge on any atom is 0.239 e. The van der Waals surface area contributed by atoms with Crippen molar-refractivity contribution in [1.82, 2.24) is 15.1 Å². The molecular formula is C11H20N4O. The third-order valence-corrected chi connectivity index (χ3v) is 2.74. The first kappa shape index (κ1) is 12.7. The molecule has 3 N–H and O–H groups in total. The van der Waals surface area contributed by atoms with Crippen LogP contribution in [0.5, 0.6) is 0 Å². The molecule has 5 heteroatoms. The highest BCUT2D eigenvalue weighted by Gasteiger charge is 2.23. The van der Waals surface area contributed by atoms with E-state index in [1.807, 2.05) is 27.8 Å². The molecule has 0 saturated carbocycles. The number of primary amides is 1. The summed E-state index contributed by atoms with van der Waals surface area (Å²) in [4.78, 5) is 11.4. The first-order valence-electron chi connectivity index (χ1n) is 5.51. The highest BCUT2D eigenvalue weighted by atomic mass is 16.1. The van der Waals surface area contributed by atoms with Crippen LogP contribution in [-0.4, -0.2) is 22.2 Å². The number of hydrogen-bond acceptors (Lipinski definition) is 3. The van der Waals surface area contributed by atoms with E-state index in [2.05, 4.69) is 10.4 Å². The Morgan fingerprint density at radius 2 is 2.19 bits per heavy atom. The molecule has 90 valence electrons. The maximum absolute atomic E-state index is 11.4. The molecule has 0 aliphatic carbocycles. The van der Waals surface area contributed by atoms with E-state index in [1.54, 1.807) is 4.68 Å². The lowest BCUT2D eigenvalue weighted by Gasteiger charge is -2.15. The molecule has 1 amide bonds. The molecule has 0 aliphatic rings. The molecule has 1 heterocycles. The van der Waals surface area contributed by atoms with Crippen molar-refractivity contribution in [3.63, 3.8) is 0 Å². The van der Waals surface area contributed by atoms with Gasteiger partial charge in [-0.25, -0.2) is 0 Å². The molecule has 16 heavy (non-hydrogen) atoms. The summed E-state index contributed by atoms with van der Waals surface area (Å²) in [6.45, 7) is 6.65. The second kappa shape index (κ2) is 5.12. The van der Waals surface area contributed by atoms with Gasteiger partial charge in [0, 0.05) is 18.3 Å². The maximum atomic E-state index is 11.4. The fraction of sp³-hybridized carbons (Fsp3) is 0.636. The van der Waals surface area contributed by atoms with E-state index in [4.69, 9.17) is 5.73 Å². The lowest BCUT2D eigenvalue weighted by molar-refractivity contribution is -0.120. The molecule has 1 atom stereocenters. The van der Waals surface area contributed by atoms with Crippen LogP contribution in [0.4, 0.5) is 0 Å². The van der Waals surface area contributed by atoms with Crippen LogP contribution >= 0.6 is 0 Å². The van der Waals surface area contributed by atoms with Gasteiger partial charge in [-0.15, -0.1) is 0 Å². The minimum absolute atomic E-state index is 0.354. The third kappa shape index (κ3) is 2.41. The van der Waals surface area contributed by atoms with E-state index in [-0.39, 0.29) is 5.91 Å². The Labute approximate surface area is 96.0 Å². The molecular weight excluding hydrogens is 204 g/mol. The van der Waals surface area contributed by atoms with Gasteiger partial charge < -0.3 is 11.1 Å². The highest BCUT2D eigenvalue weighted by Crippen LogP contribution is 2.20. The van der Waals surface area contributed by atoms with Crippen molar-refractivity contribution in [2.24, 2.45) is 12.8 Å². The van der Waals surface area contributed by atoms with Gasteiger partial charge in [0.15, 0.2) is 0 Å². The van der Waals surface area contributed by atoms with Crippen LogP contribution in [0.2, 0.25) is 0 Å². The molecule has 1 aromatic rings. The van der Waals surface area contributed by atoms with Crippen molar-refractivity contribution in [2.75, 3.05) is 6.54 Å². The molecule has 0 spiro atoms. The average Bonchev–Trinajstić information content (AvgIpc) is 2.44. The summed E-state index contributed by atoms with van der Waals surface area (Å²) in [6.07, 6.45) is 0.960. The first-order chi connectivity index (χ1) is 7.49. The van der Waals surface area contributed by atoms with Crippen molar-refractivity contribution in [1.29, 1.82) is 0 Å². The Bertz CT molecular complexity index is 384. The fourth-order valence-corrected chi connectivity index (χ4v) is 1.84. The second-order valence-electron chi connectivity index (χ2n) is 4.00. The number of aromatic nitrogens is 2. The summed E-state index contributed by atoms with van der Waals surface area (Å²) in [6, 6.07) is -0.436. The Hall–Kier alpha value is -1.36. The number of nitrogens with zero attached hydrogens (tertiary/aromatic N) is 2. The van der Waals surface area contributed by atoms with Crippen LogP contribution in [0.25, 0.3) is 0 Å².